The van der Waals surface area contributed by atoms with Gasteiger partial charge < -0.3 is 29.0 Å². The van der Waals surface area contributed by atoms with Crippen LogP contribution in [0.25, 0.3) is 0 Å². The molecule has 1 fully saturated rings. The average Bonchev–Trinajstić information content (AvgIpc) is 3.27. The van der Waals surface area contributed by atoms with E-state index in [9.17, 15) is 9.90 Å². The van der Waals surface area contributed by atoms with E-state index >= 15 is 0 Å². The number of methoxy groups -OCH3 is 1. The molecule has 2 aliphatic rings. The molecule has 4 rings (SSSR count). The summed E-state index contributed by atoms with van der Waals surface area (Å²) >= 11 is 0. The maximum absolute atomic E-state index is 12.9. The van der Waals surface area contributed by atoms with Crippen molar-refractivity contribution in [3.63, 3.8) is 0 Å². The van der Waals surface area contributed by atoms with Crippen LogP contribution in [0.15, 0.2) is 42.5 Å². The van der Waals surface area contributed by atoms with Crippen LogP contribution in [0, 0.1) is 5.92 Å². The first-order chi connectivity index (χ1) is 16.5. The number of likely N-dealkylation sites (tertiary alicyclic amines) is 1. The first-order valence-corrected chi connectivity index (χ1v) is 12.1. The van der Waals surface area contributed by atoms with Crippen molar-refractivity contribution in [1.82, 2.24) is 4.90 Å². The Labute approximate surface area is 201 Å². The normalized spacial score (nSPS) is 19.4. The molecule has 0 amide bonds. The fourth-order valence-electron chi connectivity index (χ4n) is 4.71. The van der Waals surface area contributed by atoms with Crippen LogP contribution in [0.5, 0.6) is 23.0 Å². The predicted octanol–water partition coefficient (Wildman–Crippen LogP) is 4.03. The summed E-state index contributed by atoms with van der Waals surface area (Å²) in [5.74, 6) is 2.68. The second-order valence-corrected chi connectivity index (χ2v) is 9.11. The van der Waals surface area contributed by atoms with Crippen LogP contribution in [-0.2, 0) is 4.79 Å². The molecule has 1 N–H and O–H groups in total. The number of aliphatic hydroxyl groups is 1. The van der Waals surface area contributed by atoms with Gasteiger partial charge in [0.2, 0.25) is 0 Å². The van der Waals surface area contributed by atoms with E-state index in [0.29, 0.717) is 62.5 Å². The Kier molecular flexibility index (Phi) is 8.29. The summed E-state index contributed by atoms with van der Waals surface area (Å²) in [5.41, 5.74) is 0.753. The number of benzene rings is 2. The third-order valence-electron chi connectivity index (χ3n) is 6.71. The zero-order valence-corrected chi connectivity index (χ0v) is 20.1. The van der Waals surface area contributed by atoms with Gasteiger partial charge in [0.1, 0.15) is 30.5 Å². The van der Waals surface area contributed by atoms with Gasteiger partial charge in [0.15, 0.2) is 11.5 Å². The van der Waals surface area contributed by atoms with Crippen LogP contribution in [0.2, 0.25) is 0 Å². The number of ketones is 1. The zero-order chi connectivity index (χ0) is 23.9. The molecule has 3 atom stereocenters. The van der Waals surface area contributed by atoms with Crippen LogP contribution >= 0.6 is 0 Å². The highest BCUT2D eigenvalue weighted by Gasteiger charge is 2.30. The van der Waals surface area contributed by atoms with Gasteiger partial charge in [-0.05, 0) is 68.3 Å². The summed E-state index contributed by atoms with van der Waals surface area (Å²) in [6.45, 7) is 5.22. The predicted molar refractivity (Wildman–Crippen MR) is 129 cm³/mol. The lowest BCUT2D eigenvalue weighted by atomic mass is 9.89. The topological polar surface area (TPSA) is 77.5 Å². The summed E-state index contributed by atoms with van der Waals surface area (Å²) in [7, 11) is 1.62. The molecule has 0 bridgehead atoms. The Hall–Kier alpha value is -2.77. The molecular weight excluding hydrogens is 434 g/mol. The molecule has 0 spiro atoms. The molecule has 7 nitrogen and oxygen atoms in total. The van der Waals surface area contributed by atoms with Crippen LogP contribution in [0.1, 0.15) is 44.3 Å². The molecular formula is C27H35NO6. The van der Waals surface area contributed by atoms with Gasteiger partial charge in [-0.15, -0.1) is 0 Å². The number of nitrogens with zero attached hydrogens (tertiary/aromatic N) is 1. The summed E-state index contributed by atoms with van der Waals surface area (Å²) < 4.78 is 22.2. The van der Waals surface area contributed by atoms with Gasteiger partial charge in [0.05, 0.1) is 19.8 Å². The second kappa shape index (κ2) is 11.6. The van der Waals surface area contributed by atoms with E-state index < -0.39 is 6.10 Å². The Morgan fingerprint density at radius 1 is 1.12 bits per heavy atom. The van der Waals surface area contributed by atoms with Gasteiger partial charge in [-0.25, -0.2) is 0 Å². The number of aliphatic hydroxyl groups excluding tert-OH is 1. The maximum atomic E-state index is 12.9. The number of fused-ring (bicyclic) bond motifs is 1. The van der Waals surface area contributed by atoms with E-state index in [1.807, 2.05) is 42.5 Å². The maximum Gasteiger partial charge on any atom is 0.161 e. The van der Waals surface area contributed by atoms with Gasteiger partial charge in [0.25, 0.3) is 0 Å². The number of rotatable bonds is 11. The monoisotopic (exact) mass is 469 g/mol. The lowest BCUT2D eigenvalue weighted by Crippen LogP contribution is -2.35. The van der Waals surface area contributed by atoms with Crippen molar-refractivity contribution in [2.75, 3.05) is 40.0 Å². The van der Waals surface area contributed by atoms with Crippen molar-refractivity contribution < 1.29 is 28.8 Å². The molecule has 2 heterocycles. The SMILES string of the molecule is COc1ccc(OCCC(=O)C[C@H](CN2CCC[C@@H]2C)[C@@H](O)c2ccc3c(c2)OCCO3)cc1. The molecule has 0 saturated carbocycles. The molecule has 2 aliphatic heterocycles. The molecule has 2 aromatic rings. The smallest absolute Gasteiger partial charge is 0.161 e. The molecule has 34 heavy (non-hydrogen) atoms. The van der Waals surface area contributed by atoms with E-state index in [0.717, 1.165) is 30.7 Å². The molecule has 0 radical (unpaired) electrons. The Morgan fingerprint density at radius 3 is 2.56 bits per heavy atom. The van der Waals surface area contributed by atoms with E-state index in [2.05, 4.69) is 11.8 Å². The number of hydrogen-bond acceptors (Lipinski definition) is 7. The molecule has 2 aromatic carbocycles. The highest BCUT2D eigenvalue weighted by atomic mass is 16.6. The Morgan fingerprint density at radius 2 is 1.85 bits per heavy atom. The largest absolute Gasteiger partial charge is 0.497 e. The van der Waals surface area contributed by atoms with Crippen molar-refractivity contribution in [2.45, 2.75) is 44.8 Å². The molecule has 0 unspecified atom stereocenters. The summed E-state index contributed by atoms with van der Waals surface area (Å²) in [4.78, 5) is 15.3. The summed E-state index contributed by atoms with van der Waals surface area (Å²) in [6.07, 6.45) is 2.13. The number of ether oxygens (including phenoxy) is 4. The van der Waals surface area contributed by atoms with Gasteiger partial charge in [-0.3, -0.25) is 4.79 Å². The lowest BCUT2D eigenvalue weighted by Gasteiger charge is -2.30. The van der Waals surface area contributed by atoms with Crippen LogP contribution in [-0.4, -0.2) is 61.9 Å². The van der Waals surface area contributed by atoms with Crippen LogP contribution in [0.3, 0.4) is 0 Å². The first-order valence-electron chi connectivity index (χ1n) is 12.1. The summed E-state index contributed by atoms with van der Waals surface area (Å²) in [6, 6.07) is 13.3. The van der Waals surface area contributed by atoms with E-state index in [1.165, 1.54) is 0 Å². The minimum absolute atomic E-state index is 0.0851. The van der Waals surface area contributed by atoms with Crippen LogP contribution < -0.4 is 18.9 Å². The van der Waals surface area contributed by atoms with Gasteiger partial charge in [0, 0.05) is 31.3 Å². The van der Waals surface area contributed by atoms with Gasteiger partial charge in [-0.1, -0.05) is 6.07 Å². The van der Waals surface area contributed by atoms with E-state index in [-0.39, 0.29) is 11.7 Å². The lowest BCUT2D eigenvalue weighted by molar-refractivity contribution is -0.121. The van der Waals surface area contributed by atoms with Crippen molar-refractivity contribution >= 4 is 5.78 Å². The summed E-state index contributed by atoms with van der Waals surface area (Å²) in [5, 5.41) is 11.3. The third-order valence-corrected chi connectivity index (χ3v) is 6.71. The first kappa shape index (κ1) is 24.4. The Balaban J connectivity index is 1.38. The zero-order valence-electron chi connectivity index (χ0n) is 20.1. The molecule has 1 saturated heterocycles. The second-order valence-electron chi connectivity index (χ2n) is 9.11. The minimum Gasteiger partial charge on any atom is -0.497 e. The standard InChI is InChI=1S/C27H35NO6/c1-19-4-3-12-28(19)18-21(27(30)20-5-10-25-26(17-20)34-15-14-33-25)16-22(29)11-13-32-24-8-6-23(31-2)7-9-24/h5-10,17,19,21,27,30H,3-4,11-16,18H2,1-2H3/t19-,21+,27-/m0/s1. The number of hydrogen-bond donors (Lipinski definition) is 1. The van der Waals surface area contributed by atoms with E-state index in [1.54, 1.807) is 7.11 Å². The average molecular weight is 470 g/mol. The minimum atomic E-state index is -0.768. The number of carbonyl (C=O) groups excluding carboxylic acids is 1. The quantitative estimate of drug-likeness (QED) is 0.532. The fraction of sp³-hybridized carbons (Fsp3) is 0.519. The third kappa shape index (κ3) is 6.21. The van der Waals surface area contributed by atoms with Gasteiger partial charge in [-0.2, -0.15) is 0 Å². The van der Waals surface area contributed by atoms with Crippen LogP contribution in [0.4, 0.5) is 0 Å². The van der Waals surface area contributed by atoms with E-state index in [4.69, 9.17) is 18.9 Å². The molecule has 184 valence electrons. The van der Waals surface area contributed by atoms with Crippen molar-refractivity contribution in [3.05, 3.63) is 48.0 Å². The number of Topliss-reactive ketones (excluding diaryl/α,β-unsaturated/α-hetero) is 1. The van der Waals surface area contributed by atoms with Gasteiger partial charge >= 0.3 is 0 Å². The molecule has 0 aliphatic carbocycles. The molecule has 7 heteroatoms. The van der Waals surface area contributed by atoms with Crippen molar-refractivity contribution in [1.29, 1.82) is 0 Å². The van der Waals surface area contributed by atoms with Crippen molar-refractivity contribution in [3.8, 4) is 23.0 Å². The number of carbonyl (C=O) groups is 1. The highest BCUT2D eigenvalue weighted by Crippen LogP contribution is 2.36. The molecule has 0 aromatic heterocycles. The Bertz CT molecular complexity index is 947. The van der Waals surface area contributed by atoms with Crippen molar-refractivity contribution in [2.24, 2.45) is 5.92 Å². The highest BCUT2D eigenvalue weighted by molar-refractivity contribution is 5.78. The fourth-order valence-corrected chi connectivity index (χ4v) is 4.71.